The van der Waals surface area contributed by atoms with Crippen molar-refractivity contribution in [2.75, 3.05) is 5.32 Å². The van der Waals surface area contributed by atoms with Crippen molar-refractivity contribution in [1.29, 1.82) is 0 Å². The van der Waals surface area contributed by atoms with Crippen LogP contribution in [0.3, 0.4) is 0 Å². The second kappa shape index (κ2) is 6.05. The summed E-state index contributed by atoms with van der Waals surface area (Å²) in [4.78, 5) is 9.63. The highest BCUT2D eigenvalue weighted by atomic mass is 32.1. The van der Waals surface area contributed by atoms with Crippen LogP contribution in [-0.2, 0) is 0 Å². The highest BCUT2D eigenvalue weighted by Gasteiger charge is 2.16. The molecule has 3 heterocycles. The number of nitrogens with one attached hydrogen (secondary N) is 1. The number of aromatic nitrogens is 2. The molecule has 4 aromatic rings. The number of hydrogen-bond donors (Lipinski definition) is 1. The van der Waals surface area contributed by atoms with E-state index in [4.69, 9.17) is 4.42 Å². The van der Waals surface area contributed by atoms with Gasteiger partial charge < -0.3 is 9.73 Å². The Labute approximate surface area is 142 Å². The molecule has 0 saturated carbocycles. The van der Waals surface area contributed by atoms with Gasteiger partial charge in [-0.05, 0) is 36.8 Å². The molecule has 0 radical (unpaired) electrons. The minimum Gasteiger partial charge on any atom is -0.467 e. The van der Waals surface area contributed by atoms with Gasteiger partial charge in [-0.2, -0.15) is 0 Å². The molecule has 0 amide bonds. The van der Waals surface area contributed by atoms with Crippen LogP contribution in [-0.4, -0.2) is 9.97 Å². The molecule has 0 spiro atoms. The van der Waals surface area contributed by atoms with E-state index in [0.717, 1.165) is 32.9 Å². The molecule has 24 heavy (non-hydrogen) atoms. The summed E-state index contributed by atoms with van der Waals surface area (Å²) in [5.41, 5.74) is 1.93. The Bertz CT molecular complexity index is 964. The van der Waals surface area contributed by atoms with E-state index in [0.29, 0.717) is 0 Å². The zero-order valence-corrected chi connectivity index (χ0v) is 13.7. The molecule has 1 aromatic carbocycles. The third kappa shape index (κ3) is 2.65. The molecule has 6 heteroatoms. The molecule has 4 nitrogen and oxygen atoms in total. The summed E-state index contributed by atoms with van der Waals surface area (Å²) >= 11 is 1.54. The molecule has 0 fully saturated rings. The van der Waals surface area contributed by atoms with Gasteiger partial charge in [-0.3, -0.25) is 0 Å². The molecule has 120 valence electrons. The zero-order valence-electron chi connectivity index (χ0n) is 12.9. The molecule has 0 unspecified atom stereocenters. The Hall–Kier alpha value is -2.73. The van der Waals surface area contributed by atoms with Crippen molar-refractivity contribution < 1.29 is 8.81 Å². The first-order chi connectivity index (χ1) is 11.7. The van der Waals surface area contributed by atoms with Gasteiger partial charge in [0.25, 0.3) is 0 Å². The number of rotatable bonds is 4. The van der Waals surface area contributed by atoms with Crippen LogP contribution in [0.25, 0.3) is 21.3 Å². The van der Waals surface area contributed by atoms with Gasteiger partial charge in [-0.1, -0.05) is 12.1 Å². The highest BCUT2D eigenvalue weighted by molar-refractivity contribution is 7.17. The number of anilines is 1. The van der Waals surface area contributed by atoms with Crippen molar-refractivity contribution in [3.63, 3.8) is 0 Å². The summed E-state index contributed by atoms with van der Waals surface area (Å²) in [6, 6.07) is 10.2. The van der Waals surface area contributed by atoms with Gasteiger partial charge in [0, 0.05) is 10.9 Å². The van der Waals surface area contributed by atoms with E-state index < -0.39 is 0 Å². The second-order valence-electron chi connectivity index (χ2n) is 5.44. The number of furan rings is 1. The van der Waals surface area contributed by atoms with Crippen molar-refractivity contribution in [3.05, 3.63) is 65.9 Å². The summed E-state index contributed by atoms with van der Waals surface area (Å²) in [5.74, 6) is 1.32. The maximum absolute atomic E-state index is 13.2. The normalized spacial score (nSPS) is 12.4. The molecular formula is C18H14FN3OS. The fraction of sp³-hybridized carbons (Fsp3) is 0.111. The van der Waals surface area contributed by atoms with Gasteiger partial charge in [0.2, 0.25) is 0 Å². The predicted octanol–water partition coefficient (Wildman–Crippen LogP) is 5.26. The monoisotopic (exact) mass is 339 g/mol. The highest BCUT2D eigenvalue weighted by Crippen LogP contribution is 2.37. The van der Waals surface area contributed by atoms with Gasteiger partial charge in [-0.25, -0.2) is 14.4 Å². The summed E-state index contributed by atoms with van der Waals surface area (Å²) in [7, 11) is 0. The Morgan fingerprint density at radius 1 is 1.17 bits per heavy atom. The number of halogens is 1. The first kappa shape index (κ1) is 14.8. The van der Waals surface area contributed by atoms with Crippen LogP contribution in [0.5, 0.6) is 0 Å². The van der Waals surface area contributed by atoms with Crippen LogP contribution >= 0.6 is 11.3 Å². The Morgan fingerprint density at radius 3 is 2.75 bits per heavy atom. The molecule has 0 saturated heterocycles. The molecule has 0 bridgehead atoms. The average molecular weight is 339 g/mol. The molecule has 0 aliphatic carbocycles. The van der Waals surface area contributed by atoms with E-state index in [2.05, 4.69) is 15.3 Å². The Balaban J connectivity index is 1.78. The Kier molecular flexibility index (Phi) is 3.74. The lowest BCUT2D eigenvalue weighted by Gasteiger charge is -2.13. The van der Waals surface area contributed by atoms with Crippen molar-refractivity contribution in [2.45, 2.75) is 13.0 Å². The average Bonchev–Trinajstić information content (AvgIpc) is 3.26. The van der Waals surface area contributed by atoms with E-state index >= 15 is 0 Å². The van der Waals surface area contributed by atoms with E-state index in [1.54, 1.807) is 36.1 Å². The van der Waals surface area contributed by atoms with Crippen LogP contribution < -0.4 is 5.32 Å². The van der Waals surface area contributed by atoms with Crippen molar-refractivity contribution in [1.82, 2.24) is 9.97 Å². The third-order valence-electron chi connectivity index (χ3n) is 3.85. The van der Waals surface area contributed by atoms with Crippen LogP contribution in [0.15, 0.2) is 58.8 Å². The molecule has 4 rings (SSSR count). The number of benzene rings is 1. The topological polar surface area (TPSA) is 51.0 Å². The van der Waals surface area contributed by atoms with Gasteiger partial charge in [0.15, 0.2) is 0 Å². The van der Waals surface area contributed by atoms with Crippen LogP contribution in [0.4, 0.5) is 10.2 Å². The maximum atomic E-state index is 13.2. The van der Waals surface area contributed by atoms with E-state index in [9.17, 15) is 4.39 Å². The van der Waals surface area contributed by atoms with Crippen LogP contribution in [0, 0.1) is 5.82 Å². The van der Waals surface area contributed by atoms with Crippen molar-refractivity contribution in [2.24, 2.45) is 0 Å². The number of fused-ring (bicyclic) bond motifs is 1. The van der Waals surface area contributed by atoms with Gasteiger partial charge in [-0.15, -0.1) is 11.3 Å². The summed E-state index contributed by atoms with van der Waals surface area (Å²) in [6.07, 6.45) is 3.20. The maximum Gasteiger partial charge on any atom is 0.139 e. The van der Waals surface area contributed by atoms with Gasteiger partial charge in [0.1, 0.15) is 28.6 Å². The lowest BCUT2D eigenvalue weighted by Crippen LogP contribution is -2.07. The SMILES string of the molecule is C[C@@H](Nc1ncnc2scc(-c3ccc(F)cc3)c12)c1ccco1. The standard InChI is InChI=1S/C18H14FN3OS/c1-11(15-3-2-8-23-15)22-17-16-14(9-24-18(16)21-10-20-17)12-4-6-13(19)7-5-12/h2-11H,1H3,(H,20,21,22)/t11-/m1/s1. The third-order valence-corrected chi connectivity index (χ3v) is 4.73. The molecule has 1 atom stereocenters. The minimum absolute atomic E-state index is 0.0286. The first-order valence-corrected chi connectivity index (χ1v) is 8.38. The Morgan fingerprint density at radius 2 is 2.00 bits per heavy atom. The minimum atomic E-state index is -0.251. The van der Waals surface area contributed by atoms with Gasteiger partial charge in [0.05, 0.1) is 17.7 Å². The number of hydrogen-bond acceptors (Lipinski definition) is 5. The van der Waals surface area contributed by atoms with Crippen molar-refractivity contribution in [3.8, 4) is 11.1 Å². The van der Waals surface area contributed by atoms with E-state index in [-0.39, 0.29) is 11.9 Å². The van der Waals surface area contributed by atoms with E-state index in [1.165, 1.54) is 12.1 Å². The largest absolute Gasteiger partial charge is 0.467 e. The number of nitrogens with zero attached hydrogens (tertiary/aromatic N) is 2. The summed E-state index contributed by atoms with van der Waals surface area (Å²) < 4.78 is 18.6. The fourth-order valence-corrected chi connectivity index (χ4v) is 3.56. The quantitative estimate of drug-likeness (QED) is 0.551. The van der Waals surface area contributed by atoms with Crippen LogP contribution in [0.2, 0.25) is 0 Å². The molecule has 0 aliphatic heterocycles. The zero-order chi connectivity index (χ0) is 16.5. The molecule has 3 aromatic heterocycles. The smallest absolute Gasteiger partial charge is 0.139 e. The molecule has 0 aliphatic rings. The summed E-state index contributed by atoms with van der Waals surface area (Å²) in [6.45, 7) is 2.01. The lowest BCUT2D eigenvalue weighted by atomic mass is 10.1. The van der Waals surface area contributed by atoms with Gasteiger partial charge >= 0.3 is 0 Å². The summed E-state index contributed by atoms with van der Waals surface area (Å²) in [5, 5.41) is 6.34. The first-order valence-electron chi connectivity index (χ1n) is 7.50. The van der Waals surface area contributed by atoms with E-state index in [1.807, 2.05) is 24.4 Å². The number of thiophene rings is 1. The molecular weight excluding hydrogens is 325 g/mol. The second-order valence-corrected chi connectivity index (χ2v) is 6.30. The van der Waals surface area contributed by atoms with Crippen molar-refractivity contribution >= 4 is 27.4 Å². The van der Waals surface area contributed by atoms with Crippen LogP contribution in [0.1, 0.15) is 18.7 Å². The fourth-order valence-electron chi connectivity index (χ4n) is 2.64. The lowest BCUT2D eigenvalue weighted by molar-refractivity contribution is 0.490. The predicted molar refractivity (Wildman–Crippen MR) is 93.6 cm³/mol. The molecule has 1 N–H and O–H groups in total.